The van der Waals surface area contributed by atoms with Gasteiger partial charge in [0.15, 0.2) is 11.5 Å². The van der Waals surface area contributed by atoms with Crippen LogP contribution in [0.15, 0.2) is 82.4 Å². The second-order valence-corrected chi connectivity index (χ2v) is 8.32. The molecule has 0 saturated heterocycles. The summed E-state index contributed by atoms with van der Waals surface area (Å²) in [6.45, 7) is 2.58. The summed E-state index contributed by atoms with van der Waals surface area (Å²) in [5.41, 5.74) is 2.11. The lowest BCUT2D eigenvalue weighted by Gasteiger charge is -2.17. The third kappa shape index (κ3) is 4.69. The maximum absolute atomic E-state index is 13.4. The molecule has 0 saturated carbocycles. The van der Waals surface area contributed by atoms with E-state index in [2.05, 4.69) is 15.5 Å². The van der Waals surface area contributed by atoms with E-state index in [4.69, 9.17) is 18.6 Å². The Morgan fingerprint density at radius 2 is 1.82 bits per heavy atom. The Kier molecular flexibility index (Phi) is 6.35. The number of rotatable bonds is 8. The minimum absolute atomic E-state index is 0.185. The molecule has 8 nitrogen and oxygen atoms in total. The van der Waals surface area contributed by atoms with E-state index in [0.717, 1.165) is 5.56 Å². The third-order valence-corrected chi connectivity index (χ3v) is 6.12. The van der Waals surface area contributed by atoms with Gasteiger partial charge in [0.05, 0.1) is 12.3 Å². The number of fused-ring (bicyclic) bond motifs is 1. The fourth-order valence-corrected chi connectivity index (χ4v) is 4.33. The van der Waals surface area contributed by atoms with Crippen molar-refractivity contribution in [2.24, 2.45) is 0 Å². The van der Waals surface area contributed by atoms with Gasteiger partial charge >= 0.3 is 0 Å². The van der Waals surface area contributed by atoms with Crippen LogP contribution in [-0.2, 0) is 4.79 Å². The first-order valence-electron chi connectivity index (χ1n) is 10.7. The number of nitrogens with zero attached hydrogens (tertiary/aromatic N) is 2. The van der Waals surface area contributed by atoms with Crippen LogP contribution in [0.3, 0.4) is 0 Å². The van der Waals surface area contributed by atoms with E-state index in [-0.39, 0.29) is 17.9 Å². The number of hydrogen-bond donors (Lipinski definition) is 1. The average Bonchev–Trinajstić information content (AvgIpc) is 3.53. The molecule has 5 rings (SSSR count). The number of ether oxygens (including phenoxy) is 3. The van der Waals surface area contributed by atoms with Crippen molar-refractivity contribution in [3.8, 4) is 28.7 Å². The number of benzene rings is 3. The lowest BCUT2D eigenvalue weighted by atomic mass is 10.1. The lowest BCUT2D eigenvalue weighted by molar-refractivity contribution is -0.115. The Bertz CT molecular complexity index is 1290. The first kappa shape index (κ1) is 21.8. The molecule has 1 aliphatic heterocycles. The van der Waals surface area contributed by atoms with Crippen LogP contribution in [0.1, 0.15) is 17.7 Å². The predicted octanol–water partition coefficient (Wildman–Crippen LogP) is 5.34. The largest absolute Gasteiger partial charge is 0.492 e. The summed E-state index contributed by atoms with van der Waals surface area (Å²) in [6, 6.07) is 22.2. The third-order valence-electron chi connectivity index (χ3n) is 5.03. The number of carbonyl (C=O) groups is 1. The van der Waals surface area contributed by atoms with Gasteiger partial charge in [-0.3, -0.25) is 4.79 Å². The SMILES string of the molecule is CCOc1ccccc1NC(=O)C(Sc1nnc(-c2ccc3c(c2)OCO3)o1)c1ccccc1. The molecule has 9 heteroatoms. The molecule has 1 aliphatic rings. The summed E-state index contributed by atoms with van der Waals surface area (Å²) in [7, 11) is 0. The highest BCUT2D eigenvalue weighted by atomic mass is 32.2. The van der Waals surface area contributed by atoms with E-state index in [1.807, 2.05) is 61.5 Å². The van der Waals surface area contributed by atoms with E-state index >= 15 is 0 Å². The van der Waals surface area contributed by atoms with Gasteiger partial charge in [-0.25, -0.2) is 0 Å². The summed E-state index contributed by atoms with van der Waals surface area (Å²) in [5.74, 6) is 2.00. The number of amides is 1. The molecule has 1 unspecified atom stereocenters. The summed E-state index contributed by atoms with van der Waals surface area (Å²) in [6.07, 6.45) is 0. The highest BCUT2D eigenvalue weighted by Crippen LogP contribution is 2.39. The van der Waals surface area contributed by atoms with Crippen LogP contribution in [0, 0.1) is 0 Å². The van der Waals surface area contributed by atoms with E-state index in [1.54, 1.807) is 18.2 Å². The Morgan fingerprint density at radius 1 is 1.03 bits per heavy atom. The van der Waals surface area contributed by atoms with Gasteiger partial charge in [-0.15, -0.1) is 10.2 Å². The van der Waals surface area contributed by atoms with Gasteiger partial charge in [0.25, 0.3) is 5.22 Å². The zero-order chi connectivity index (χ0) is 23.3. The topological polar surface area (TPSA) is 95.7 Å². The standard InChI is InChI=1S/C25H21N3O5S/c1-2-30-19-11-7-6-10-18(19)26-23(29)22(16-8-4-3-5-9-16)34-25-28-27-24(33-25)17-12-13-20-21(14-17)32-15-31-20/h3-14,22H,2,15H2,1H3,(H,26,29). The number of nitrogens with one attached hydrogen (secondary N) is 1. The zero-order valence-electron chi connectivity index (χ0n) is 18.3. The van der Waals surface area contributed by atoms with Crippen molar-refractivity contribution < 1.29 is 23.4 Å². The summed E-state index contributed by atoms with van der Waals surface area (Å²) >= 11 is 1.18. The van der Waals surface area contributed by atoms with Crippen molar-refractivity contribution >= 4 is 23.4 Å². The van der Waals surface area contributed by atoms with Crippen molar-refractivity contribution in [3.05, 3.63) is 78.4 Å². The van der Waals surface area contributed by atoms with E-state index in [1.165, 1.54) is 11.8 Å². The van der Waals surface area contributed by atoms with E-state index in [0.29, 0.717) is 41.0 Å². The van der Waals surface area contributed by atoms with Crippen LogP contribution < -0.4 is 19.5 Å². The Labute approximate surface area is 200 Å². The van der Waals surface area contributed by atoms with Gasteiger partial charge in [0, 0.05) is 5.56 Å². The number of carbonyl (C=O) groups excluding carboxylic acids is 1. The lowest BCUT2D eigenvalue weighted by Crippen LogP contribution is -2.19. The molecule has 0 bridgehead atoms. The normalized spacial score (nSPS) is 12.9. The quantitative estimate of drug-likeness (QED) is 0.341. The van der Waals surface area contributed by atoms with Crippen LogP contribution in [0.25, 0.3) is 11.5 Å². The molecule has 1 aromatic heterocycles. The van der Waals surface area contributed by atoms with Crippen LogP contribution in [0.4, 0.5) is 5.69 Å². The van der Waals surface area contributed by atoms with Crippen LogP contribution in [0.2, 0.25) is 0 Å². The molecule has 2 heterocycles. The summed E-state index contributed by atoms with van der Waals surface area (Å²) < 4.78 is 22.3. The fraction of sp³-hybridized carbons (Fsp3) is 0.160. The molecule has 1 amide bonds. The molecular formula is C25H21N3O5S. The number of anilines is 1. The van der Waals surface area contributed by atoms with Crippen molar-refractivity contribution in [2.75, 3.05) is 18.7 Å². The smallest absolute Gasteiger partial charge is 0.277 e. The number of thioether (sulfide) groups is 1. The minimum atomic E-state index is -0.624. The maximum atomic E-state index is 13.4. The van der Waals surface area contributed by atoms with Gasteiger partial charge in [0.2, 0.25) is 18.6 Å². The molecule has 172 valence electrons. The second-order valence-electron chi connectivity index (χ2n) is 7.27. The highest BCUT2D eigenvalue weighted by Gasteiger charge is 2.26. The fourth-order valence-electron chi connectivity index (χ4n) is 3.45. The molecule has 1 N–H and O–H groups in total. The average molecular weight is 476 g/mol. The van der Waals surface area contributed by atoms with Crippen molar-refractivity contribution in [3.63, 3.8) is 0 Å². The van der Waals surface area contributed by atoms with Crippen molar-refractivity contribution in [1.82, 2.24) is 10.2 Å². The van der Waals surface area contributed by atoms with Crippen LogP contribution in [0.5, 0.6) is 17.2 Å². The summed E-state index contributed by atoms with van der Waals surface area (Å²) in [4.78, 5) is 13.4. The van der Waals surface area contributed by atoms with Crippen LogP contribution in [-0.4, -0.2) is 29.5 Å². The van der Waals surface area contributed by atoms with Gasteiger partial charge in [-0.05, 0) is 54.6 Å². The van der Waals surface area contributed by atoms with Crippen molar-refractivity contribution in [2.45, 2.75) is 17.4 Å². The van der Waals surface area contributed by atoms with E-state index in [9.17, 15) is 4.79 Å². The molecule has 3 aromatic carbocycles. The summed E-state index contributed by atoms with van der Waals surface area (Å²) in [5, 5.41) is 10.9. The first-order chi connectivity index (χ1) is 16.7. The number of para-hydroxylation sites is 2. The minimum Gasteiger partial charge on any atom is -0.492 e. The number of aromatic nitrogens is 2. The molecular weight excluding hydrogens is 454 g/mol. The maximum Gasteiger partial charge on any atom is 0.277 e. The van der Waals surface area contributed by atoms with Crippen molar-refractivity contribution in [1.29, 1.82) is 0 Å². The number of hydrogen-bond acceptors (Lipinski definition) is 8. The first-order valence-corrected chi connectivity index (χ1v) is 11.6. The van der Waals surface area contributed by atoms with Gasteiger partial charge in [-0.1, -0.05) is 42.5 Å². The molecule has 34 heavy (non-hydrogen) atoms. The van der Waals surface area contributed by atoms with Gasteiger partial charge in [0.1, 0.15) is 11.0 Å². The van der Waals surface area contributed by atoms with Gasteiger partial charge < -0.3 is 23.9 Å². The molecule has 0 radical (unpaired) electrons. The second kappa shape index (κ2) is 9.88. The monoisotopic (exact) mass is 475 g/mol. The molecule has 4 aromatic rings. The Balaban J connectivity index is 1.39. The van der Waals surface area contributed by atoms with Gasteiger partial charge in [-0.2, -0.15) is 0 Å². The highest BCUT2D eigenvalue weighted by molar-refractivity contribution is 8.00. The Morgan fingerprint density at radius 3 is 2.68 bits per heavy atom. The molecule has 0 spiro atoms. The van der Waals surface area contributed by atoms with Crippen LogP contribution >= 0.6 is 11.8 Å². The molecule has 1 atom stereocenters. The molecule has 0 fully saturated rings. The zero-order valence-corrected chi connectivity index (χ0v) is 19.1. The molecule has 0 aliphatic carbocycles. The predicted molar refractivity (Wildman–Crippen MR) is 127 cm³/mol. The van der Waals surface area contributed by atoms with E-state index < -0.39 is 5.25 Å². The Hall–Kier alpha value is -3.98.